The molecule has 2 rings (SSSR count). The van der Waals surface area contributed by atoms with E-state index in [1.807, 2.05) is 28.8 Å². The van der Waals surface area contributed by atoms with E-state index in [0.29, 0.717) is 19.0 Å². The van der Waals surface area contributed by atoms with Gasteiger partial charge in [0.1, 0.15) is 6.61 Å². The van der Waals surface area contributed by atoms with Crippen molar-refractivity contribution in [1.82, 2.24) is 14.8 Å². The summed E-state index contributed by atoms with van der Waals surface area (Å²) in [6.07, 6.45) is 0. The molecule has 1 N–H and O–H groups in total. The molecule has 1 aromatic carbocycles. The van der Waals surface area contributed by atoms with Gasteiger partial charge in [-0.15, -0.1) is 10.2 Å². The number of aromatic nitrogens is 3. The maximum atomic E-state index is 9.26. The molecule has 1 aromatic heterocycles. The monoisotopic (exact) mass is 311 g/mol. The number of aliphatic hydroxyl groups excluding tert-OH is 1. The molecule has 1 heterocycles. The van der Waals surface area contributed by atoms with Crippen molar-refractivity contribution in [3.63, 3.8) is 0 Å². The summed E-state index contributed by atoms with van der Waals surface area (Å²) < 4.78 is 7.91. The summed E-state index contributed by atoms with van der Waals surface area (Å²) in [5, 5.41) is 17.4. The van der Waals surface area contributed by atoms with E-state index in [4.69, 9.17) is 4.74 Å². The van der Waals surface area contributed by atoms with Crippen molar-refractivity contribution in [2.24, 2.45) is 0 Å². The van der Waals surface area contributed by atoms with Crippen LogP contribution in [0.1, 0.15) is 5.82 Å². The Morgan fingerprint density at radius 2 is 2.22 bits per heavy atom. The summed E-state index contributed by atoms with van der Waals surface area (Å²) in [6, 6.07) is 7.81. The van der Waals surface area contributed by atoms with Crippen LogP contribution in [0.3, 0.4) is 0 Å². The fourth-order valence-electron chi connectivity index (χ4n) is 1.71. The lowest BCUT2D eigenvalue weighted by Crippen LogP contribution is -2.10. The lowest BCUT2D eigenvalue weighted by molar-refractivity contribution is 0.183. The Morgan fingerprint density at radius 1 is 1.39 bits per heavy atom. The second-order valence-corrected chi connectivity index (χ2v) is 4.67. The minimum atomic E-state index is -0.134. The van der Waals surface area contributed by atoms with E-state index in [0.717, 1.165) is 15.9 Å². The van der Waals surface area contributed by atoms with Crippen molar-refractivity contribution in [3.8, 4) is 11.4 Å². The van der Waals surface area contributed by atoms with Crippen LogP contribution < -0.4 is 0 Å². The van der Waals surface area contributed by atoms with Gasteiger partial charge < -0.3 is 14.4 Å². The van der Waals surface area contributed by atoms with Gasteiger partial charge in [0.05, 0.1) is 6.61 Å². The first-order valence-electron chi connectivity index (χ1n) is 5.54. The molecule has 6 heteroatoms. The Labute approximate surface area is 114 Å². The summed E-state index contributed by atoms with van der Waals surface area (Å²) in [6.45, 7) is 1.03. The minimum Gasteiger partial charge on any atom is -0.388 e. The SMILES string of the molecule is COCCn1c(CO)nnc1-c1cccc(Br)c1. The molecule has 96 valence electrons. The molecule has 18 heavy (non-hydrogen) atoms. The molecule has 0 unspecified atom stereocenters. The number of halogens is 1. The number of nitrogens with zero attached hydrogens (tertiary/aromatic N) is 3. The van der Waals surface area contributed by atoms with Gasteiger partial charge in [0.25, 0.3) is 0 Å². The molecule has 5 nitrogen and oxygen atoms in total. The van der Waals surface area contributed by atoms with Crippen molar-refractivity contribution >= 4 is 15.9 Å². The molecular formula is C12H14BrN3O2. The van der Waals surface area contributed by atoms with Crippen LogP contribution in [0, 0.1) is 0 Å². The van der Waals surface area contributed by atoms with Crippen LogP contribution >= 0.6 is 15.9 Å². The molecule has 0 saturated heterocycles. The molecule has 0 aliphatic rings. The zero-order chi connectivity index (χ0) is 13.0. The van der Waals surface area contributed by atoms with Gasteiger partial charge in [0.2, 0.25) is 0 Å². The molecule has 2 aromatic rings. The fourth-order valence-corrected chi connectivity index (χ4v) is 2.11. The van der Waals surface area contributed by atoms with Crippen molar-refractivity contribution < 1.29 is 9.84 Å². The summed E-state index contributed by atoms with van der Waals surface area (Å²) in [7, 11) is 1.64. The Balaban J connectivity index is 2.40. The van der Waals surface area contributed by atoms with E-state index in [1.54, 1.807) is 7.11 Å². The van der Waals surface area contributed by atoms with Gasteiger partial charge in [-0.1, -0.05) is 28.1 Å². The quantitative estimate of drug-likeness (QED) is 0.915. The van der Waals surface area contributed by atoms with Crippen LogP contribution in [0.4, 0.5) is 0 Å². The third-order valence-electron chi connectivity index (χ3n) is 2.57. The second-order valence-electron chi connectivity index (χ2n) is 3.75. The van der Waals surface area contributed by atoms with Crippen LogP contribution in [0.15, 0.2) is 28.7 Å². The normalized spacial score (nSPS) is 10.8. The average molecular weight is 312 g/mol. The number of aliphatic hydroxyl groups is 1. The molecule has 0 aliphatic carbocycles. The van der Waals surface area contributed by atoms with Crippen molar-refractivity contribution in [2.75, 3.05) is 13.7 Å². The van der Waals surface area contributed by atoms with Gasteiger partial charge >= 0.3 is 0 Å². The fraction of sp³-hybridized carbons (Fsp3) is 0.333. The number of ether oxygens (including phenoxy) is 1. The maximum Gasteiger partial charge on any atom is 0.164 e. The first-order valence-corrected chi connectivity index (χ1v) is 6.33. The average Bonchev–Trinajstić information content (AvgIpc) is 2.79. The highest BCUT2D eigenvalue weighted by molar-refractivity contribution is 9.10. The predicted octanol–water partition coefficient (Wildman–Crippen LogP) is 1.85. The van der Waals surface area contributed by atoms with E-state index < -0.39 is 0 Å². The van der Waals surface area contributed by atoms with Crippen LogP contribution in [-0.2, 0) is 17.9 Å². The van der Waals surface area contributed by atoms with Crippen LogP contribution in [0.2, 0.25) is 0 Å². The largest absolute Gasteiger partial charge is 0.388 e. The van der Waals surface area contributed by atoms with Crippen LogP contribution in [0.25, 0.3) is 11.4 Å². The number of benzene rings is 1. The Morgan fingerprint density at radius 3 is 2.89 bits per heavy atom. The lowest BCUT2D eigenvalue weighted by Gasteiger charge is -2.08. The number of methoxy groups -OCH3 is 1. The van der Waals surface area contributed by atoms with Gasteiger partial charge in [0.15, 0.2) is 11.6 Å². The highest BCUT2D eigenvalue weighted by atomic mass is 79.9. The third-order valence-corrected chi connectivity index (χ3v) is 3.06. The molecule has 0 bridgehead atoms. The van der Waals surface area contributed by atoms with Gasteiger partial charge in [-0.25, -0.2) is 0 Å². The van der Waals surface area contributed by atoms with Crippen molar-refractivity contribution in [1.29, 1.82) is 0 Å². The van der Waals surface area contributed by atoms with Crippen LogP contribution in [0.5, 0.6) is 0 Å². The highest BCUT2D eigenvalue weighted by Crippen LogP contribution is 2.22. The number of rotatable bonds is 5. The number of hydrogen-bond acceptors (Lipinski definition) is 4. The smallest absolute Gasteiger partial charge is 0.164 e. The summed E-state index contributed by atoms with van der Waals surface area (Å²) >= 11 is 3.43. The van der Waals surface area contributed by atoms with Crippen molar-refractivity contribution in [3.05, 3.63) is 34.6 Å². The zero-order valence-electron chi connectivity index (χ0n) is 10.0. The molecule has 0 amide bonds. The van der Waals surface area contributed by atoms with E-state index in [1.165, 1.54) is 0 Å². The molecule has 0 fully saturated rings. The Hall–Kier alpha value is -1.24. The summed E-state index contributed by atoms with van der Waals surface area (Å²) in [5.41, 5.74) is 0.952. The van der Waals surface area contributed by atoms with E-state index >= 15 is 0 Å². The molecule has 0 atom stereocenters. The summed E-state index contributed by atoms with van der Waals surface area (Å²) in [5.74, 6) is 1.28. The predicted molar refractivity (Wildman–Crippen MR) is 71.0 cm³/mol. The molecular weight excluding hydrogens is 298 g/mol. The topological polar surface area (TPSA) is 60.2 Å². The lowest BCUT2D eigenvalue weighted by atomic mass is 10.2. The third kappa shape index (κ3) is 2.77. The van der Waals surface area contributed by atoms with Gasteiger partial charge in [-0.2, -0.15) is 0 Å². The maximum absolute atomic E-state index is 9.26. The molecule has 0 aliphatic heterocycles. The summed E-state index contributed by atoms with van der Waals surface area (Å²) in [4.78, 5) is 0. The Bertz CT molecular complexity index is 528. The molecule has 0 radical (unpaired) electrons. The van der Waals surface area contributed by atoms with Gasteiger partial charge in [-0.3, -0.25) is 0 Å². The highest BCUT2D eigenvalue weighted by Gasteiger charge is 2.12. The van der Waals surface area contributed by atoms with E-state index in [2.05, 4.69) is 26.1 Å². The first-order chi connectivity index (χ1) is 8.76. The van der Waals surface area contributed by atoms with Crippen LogP contribution in [-0.4, -0.2) is 33.6 Å². The zero-order valence-corrected chi connectivity index (χ0v) is 11.6. The van der Waals surface area contributed by atoms with Gasteiger partial charge in [0, 0.05) is 23.7 Å². The second kappa shape index (κ2) is 6.08. The van der Waals surface area contributed by atoms with Crippen molar-refractivity contribution in [2.45, 2.75) is 13.2 Å². The first kappa shape index (κ1) is 13.2. The minimum absolute atomic E-state index is 0.134. The molecule has 0 saturated carbocycles. The van der Waals surface area contributed by atoms with Gasteiger partial charge in [-0.05, 0) is 12.1 Å². The van der Waals surface area contributed by atoms with E-state index in [-0.39, 0.29) is 6.61 Å². The molecule has 0 spiro atoms. The standard InChI is InChI=1S/C12H14BrN3O2/c1-18-6-5-16-11(8-17)14-15-12(16)9-3-2-4-10(13)7-9/h2-4,7,17H,5-6,8H2,1H3. The van der Waals surface area contributed by atoms with E-state index in [9.17, 15) is 5.11 Å². The number of hydrogen-bond donors (Lipinski definition) is 1. The Kier molecular flexibility index (Phi) is 4.46.